The van der Waals surface area contributed by atoms with Gasteiger partial charge in [-0.25, -0.2) is 4.79 Å². The Morgan fingerprint density at radius 2 is 1.71 bits per heavy atom. The molecule has 1 aromatic heterocycles. The summed E-state index contributed by atoms with van der Waals surface area (Å²) in [7, 11) is 3.21. The molecule has 0 N–H and O–H groups in total. The first kappa shape index (κ1) is 17.9. The summed E-state index contributed by atoms with van der Waals surface area (Å²) >= 11 is 0. The molecule has 5 heteroatoms. The van der Waals surface area contributed by atoms with Crippen molar-refractivity contribution in [3.8, 4) is 17.2 Å². The molecule has 0 unspecified atom stereocenters. The molecule has 0 atom stereocenters. The lowest BCUT2D eigenvalue weighted by Gasteiger charge is -2.13. The largest absolute Gasteiger partial charge is 0.497 e. The summed E-state index contributed by atoms with van der Waals surface area (Å²) in [5.74, 6) is 1.85. The molecular formula is C23H20O5. The van der Waals surface area contributed by atoms with Gasteiger partial charge in [0.05, 0.1) is 19.6 Å². The Morgan fingerprint density at radius 1 is 0.857 bits per heavy atom. The molecule has 0 aliphatic heterocycles. The lowest BCUT2D eigenvalue weighted by molar-refractivity contribution is 0.284. The van der Waals surface area contributed by atoms with Crippen LogP contribution in [0.15, 0.2) is 63.8 Å². The van der Waals surface area contributed by atoms with E-state index in [2.05, 4.69) is 0 Å². The number of benzene rings is 3. The average Bonchev–Trinajstić information content (AvgIpc) is 2.72. The molecule has 1 heterocycles. The van der Waals surface area contributed by atoms with Crippen LogP contribution in [0.5, 0.6) is 17.2 Å². The van der Waals surface area contributed by atoms with Crippen LogP contribution in [0.2, 0.25) is 0 Å². The van der Waals surface area contributed by atoms with E-state index in [1.54, 1.807) is 20.3 Å². The van der Waals surface area contributed by atoms with Crippen molar-refractivity contribution in [2.75, 3.05) is 14.2 Å². The zero-order valence-electron chi connectivity index (χ0n) is 15.9. The Hall–Kier alpha value is -3.47. The number of aryl methyl sites for hydroxylation is 1. The van der Waals surface area contributed by atoms with Gasteiger partial charge in [-0.05, 0) is 36.8 Å². The second kappa shape index (κ2) is 7.27. The molecule has 0 aliphatic carbocycles. The van der Waals surface area contributed by atoms with Crippen molar-refractivity contribution in [1.82, 2.24) is 0 Å². The highest BCUT2D eigenvalue weighted by Crippen LogP contribution is 2.35. The van der Waals surface area contributed by atoms with Crippen LogP contribution in [-0.2, 0) is 6.61 Å². The van der Waals surface area contributed by atoms with Gasteiger partial charge in [-0.2, -0.15) is 0 Å². The molecule has 0 spiro atoms. The minimum absolute atomic E-state index is 0.329. The molecule has 0 saturated heterocycles. The Balaban J connectivity index is 1.77. The summed E-state index contributed by atoms with van der Waals surface area (Å²) in [6.45, 7) is 2.27. The van der Waals surface area contributed by atoms with Gasteiger partial charge in [-0.3, -0.25) is 0 Å². The van der Waals surface area contributed by atoms with Crippen molar-refractivity contribution in [3.63, 3.8) is 0 Å². The number of hydrogen-bond acceptors (Lipinski definition) is 5. The van der Waals surface area contributed by atoms with E-state index in [9.17, 15) is 4.79 Å². The first-order valence-corrected chi connectivity index (χ1v) is 8.90. The molecule has 0 radical (unpaired) electrons. The Morgan fingerprint density at radius 3 is 2.50 bits per heavy atom. The topological polar surface area (TPSA) is 57.9 Å². The highest BCUT2D eigenvalue weighted by atomic mass is 16.5. The number of ether oxygens (including phenoxy) is 3. The van der Waals surface area contributed by atoms with Gasteiger partial charge in [-0.15, -0.1) is 0 Å². The highest BCUT2D eigenvalue weighted by Gasteiger charge is 2.14. The van der Waals surface area contributed by atoms with Crippen LogP contribution < -0.4 is 19.8 Å². The summed E-state index contributed by atoms with van der Waals surface area (Å²) in [5, 5.41) is 2.19. The standard InChI is InChI=1S/C23H20O5/c1-14-7-8-17-18-11-21(26-3)22(12-20(18)28-23(24)19(17)9-14)27-13-15-5-4-6-16(10-15)25-2/h4-12H,13H2,1-3H3. The maximum absolute atomic E-state index is 12.4. The third-order valence-corrected chi connectivity index (χ3v) is 4.68. The molecule has 0 bridgehead atoms. The smallest absolute Gasteiger partial charge is 0.344 e. The van der Waals surface area contributed by atoms with Crippen molar-refractivity contribution in [2.24, 2.45) is 0 Å². The normalized spacial score (nSPS) is 11.0. The third-order valence-electron chi connectivity index (χ3n) is 4.68. The molecule has 3 aromatic carbocycles. The number of rotatable bonds is 5. The average molecular weight is 376 g/mol. The molecule has 28 heavy (non-hydrogen) atoms. The van der Waals surface area contributed by atoms with E-state index in [0.29, 0.717) is 29.1 Å². The Bertz CT molecular complexity index is 1220. The number of fused-ring (bicyclic) bond motifs is 3. The van der Waals surface area contributed by atoms with Crippen LogP contribution in [0.4, 0.5) is 0 Å². The molecule has 4 aromatic rings. The van der Waals surface area contributed by atoms with Crippen LogP contribution in [0.3, 0.4) is 0 Å². The molecule has 5 nitrogen and oxygen atoms in total. The van der Waals surface area contributed by atoms with Crippen molar-refractivity contribution in [1.29, 1.82) is 0 Å². The fourth-order valence-corrected chi connectivity index (χ4v) is 3.25. The Kier molecular flexibility index (Phi) is 4.65. The van der Waals surface area contributed by atoms with Crippen LogP contribution in [0.1, 0.15) is 11.1 Å². The molecule has 0 amide bonds. The van der Waals surface area contributed by atoms with Gasteiger partial charge in [-0.1, -0.05) is 29.8 Å². The predicted octanol–water partition coefficient (Wildman–Crippen LogP) is 4.85. The summed E-state index contributed by atoms with van der Waals surface area (Å²) in [4.78, 5) is 12.4. The summed E-state index contributed by atoms with van der Waals surface area (Å²) in [6, 6.07) is 16.9. The van der Waals surface area contributed by atoms with Crippen molar-refractivity contribution < 1.29 is 18.6 Å². The monoisotopic (exact) mass is 376 g/mol. The van der Waals surface area contributed by atoms with E-state index in [1.807, 2.05) is 55.5 Å². The zero-order valence-corrected chi connectivity index (χ0v) is 15.9. The number of methoxy groups -OCH3 is 2. The van der Waals surface area contributed by atoms with E-state index in [-0.39, 0.29) is 5.63 Å². The van der Waals surface area contributed by atoms with Crippen molar-refractivity contribution in [3.05, 3.63) is 76.1 Å². The summed E-state index contributed by atoms with van der Waals surface area (Å²) in [5.41, 5.74) is 2.05. The fraction of sp³-hybridized carbons (Fsp3) is 0.174. The maximum Gasteiger partial charge on any atom is 0.344 e. The van der Waals surface area contributed by atoms with Gasteiger partial charge in [0.15, 0.2) is 11.5 Å². The zero-order chi connectivity index (χ0) is 19.7. The van der Waals surface area contributed by atoms with Crippen LogP contribution in [-0.4, -0.2) is 14.2 Å². The van der Waals surface area contributed by atoms with E-state index in [4.69, 9.17) is 18.6 Å². The molecule has 0 saturated carbocycles. The second-order valence-corrected chi connectivity index (χ2v) is 6.58. The lowest BCUT2D eigenvalue weighted by Crippen LogP contribution is -2.02. The van der Waals surface area contributed by atoms with Gasteiger partial charge >= 0.3 is 5.63 Å². The quantitative estimate of drug-likeness (QED) is 0.368. The third kappa shape index (κ3) is 3.27. The lowest BCUT2D eigenvalue weighted by atomic mass is 10.0. The maximum atomic E-state index is 12.4. The second-order valence-electron chi connectivity index (χ2n) is 6.58. The molecule has 4 rings (SSSR count). The van der Waals surface area contributed by atoms with E-state index >= 15 is 0 Å². The van der Waals surface area contributed by atoms with Crippen LogP contribution >= 0.6 is 0 Å². The van der Waals surface area contributed by atoms with Gasteiger partial charge in [0.25, 0.3) is 0 Å². The first-order chi connectivity index (χ1) is 13.6. The van der Waals surface area contributed by atoms with Crippen LogP contribution in [0.25, 0.3) is 21.7 Å². The molecular weight excluding hydrogens is 356 g/mol. The van der Waals surface area contributed by atoms with E-state index < -0.39 is 0 Å². The SMILES string of the molecule is COc1cccc(COc2cc3oc(=O)c4cc(C)ccc4c3cc2OC)c1. The molecule has 142 valence electrons. The summed E-state index contributed by atoms with van der Waals surface area (Å²) < 4.78 is 22.3. The van der Waals surface area contributed by atoms with Gasteiger partial charge in [0.1, 0.15) is 17.9 Å². The first-order valence-electron chi connectivity index (χ1n) is 8.90. The van der Waals surface area contributed by atoms with Crippen LogP contribution in [0, 0.1) is 6.92 Å². The van der Waals surface area contributed by atoms with Crippen molar-refractivity contribution in [2.45, 2.75) is 13.5 Å². The van der Waals surface area contributed by atoms with Gasteiger partial charge < -0.3 is 18.6 Å². The number of hydrogen-bond donors (Lipinski definition) is 0. The minimum atomic E-state index is -0.366. The minimum Gasteiger partial charge on any atom is -0.497 e. The van der Waals surface area contributed by atoms with Crippen molar-refractivity contribution >= 4 is 21.7 Å². The van der Waals surface area contributed by atoms with E-state index in [0.717, 1.165) is 27.6 Å². The van der Waals surface area contributed by atoms with E-state index in [1.165, 1.54) is 0 Å². The Labute approximate surface area is 162 Å². The molecule has 0 aliphatic rings. The predicted molar refractivity (Wildman–Crippen MR) is 109 cm³/mol. The molecule has 0 fully saturated rings. The highest BCUT2D eigenvalue weighted by molar-refractivity contribution is 6.05. The summed E-state index contributed by atoms with van der Waals surface area (Å²) in [6.07, 6.45) is 0. The fourth-order valence-electron chi connectivity index (χ4n) is 3.25. The van der Waals surface area contributed by atoms with Gasteiger partial charge in [0, 0.05) is 16.8 Å². The van der Waals surface area contributed by atoms with Gasteiger partial charge in [0.2, 0.25) is 0 Å².